The van der Waals surface area contributed by atoms with E-state index in [0.29, 0.717) is 11.3 Å². The number of thiazole rings is 1. The Hall–Kier alpha value is -3.99. The Morgan fingerprint density at radius 1 is 1.12 bits per heavy atom. The second kappa shape index (κ2) is 7.61. The molecule has 0 radical (unpaired) electrons. The van der Waals surface area contributed by atoms with Crippen molar-refractivity contribution in [1.29, 1.82) is 0 Å². The van der Waals surface area contributed by atoms with Crippen molar-refractivity contribution in [2.75, 3.05) is 5.32 Å². The highest BCUT2D eigenvalue weighted by atomic mass is 32.1. The van der Waals surface area contributed by atoms with Gasteiger partial charge >= 0.3 is 6.18 Å². The first-order valence-electron chi connectivity index (χ1n) is 9.30. The molecular formula is C21H13F3N6OS. The number of nitrogens with zero attached hydrogens (tertiary/aromatic N) is 4. The fourth-order valence-corrected chi connectivity index (χ4v) is 3.99. The van der Waals surface area contributed by atoms with Crippen molar-refractivity contribution < 1.29 is 18.0 Å². The van der Waals surface area contributed by atoms with Crippen LogP contribution in [0.4, 0.5) is 18.9 Å². The van der Waals surface area contributed by atoms with Gasteiger partial charge in [-0.15, -0.1) is 11.3 Å². The van der Waals surface area contributed by atoms with Gasteiger partial charge in [-0.3, -0.25) is 9.89 Å². The molecule has 32 heavy (non-hydrogen) atoms. The third kappa shape index (κ3) is 3.73. The number of H-pyrrole nitrogens is 1. The molecule has 0 aliphatic carbocycles. The van der Waals surface area contributed by atoms with Crippen LogP contribution in [0.2, 0.25) is 0 Å². The van der Waals surface area contributed by atoms with Gasteiger partial charge in [0.2, 0.25) is 0 Å². The molecular weight excluding hydrogens is 441 g/mol. The first-order valence-corrected chi connectivity index (χ1v) is 10.2. The monoisotopic (exact) mass is 454 g/mol. The van der Waals surface area contributed by atoms with Crippen LogP contribution in [0.25, 0.3) is 27.5 Å². The van der Waals surface area contributed by atoms with Crippen molar-refractivity contribution in [2.24, 2.45) is 0 Å². The van der Waals surface area contributed by atoms with E-state index in [1.807, 2.05) is 40.9 Å². The van der Waals surface area contributed by atoms with Crippen LogP contribution >= 0.6 is 11.3 Å². The second-order valence-electron chi connectivity index (χ2n) is 6.82. The highest BCUT2D eigenvalue weighted by Gasteiger charge is 2.34. The van der Waals surface area contributed by atoms with E-state index in [2.05, 4.69) is 25.5 Å². The number of fused-ring (bicyclic) bond motifs is 1. The quantitative estimate of drug-likeness (QED) is 0.395. The van der Waals surface area contributed by atoms with Gasteiger partial charge in [-0.1, -0.05) is 30.3 Å². The number of carbonyl (C=O) groups is 1. The number of benzene rings is 1. The second-order valence-corrected chi connectivity index (χ2v) is 7.68. The summed E-state index contributed by atoms with van der Waals surface area (Å²) in [5.41, 5.74) is 2.05. The Balaban J connectivity index is 1.40. The van der Waals surface area contributed by atoms with Crippen molar-refractivity contribution in [1.82, 2.24) is 24.6 Å². The minimum atomic E-state index is -4.56. The zero-order valence-corrected chi connectivity index (χ0v) is 16.9. The normalized spacial score (nSPS) is 11.7. The first-order chi connectivity index (χ1) is 15.4. The van der Waals surface area contributed by atoms with Gasteiger partial charge in [0.15, 0.2) is 5.69 Å². The van der Waals surface area contributed by atoms with Gasteiger partial charge in [-0.2, -0.15) is 18.3 Å². The molecule has 0 aliphatic heterocycles. The summed E-state index contributed by atoms with van der Waals surface area (Å²) in [4.78, 5) is 20.9. The van der Waals surface area contributed by atoms with Crippen molar-refractivity contribution in [3.8, 4) is 21.8 Å². The van der Waals surface area contributed by atoms with Crippen LogP contribution in [0, 0.1) is 0 Å². The van der Waals surface area contributed by atoms with Crippen LogP contribution in [-0.2, 0) is 6.18 Å². The molecule has 1 aromatic carbocycles. The SMILES string of the molecule is O=C(Nc1ccn2cc(-c3ccccc3)nc2c1)c1[nH]ncc1-c1nc(C(F)(F)F)cs1. The average Bonchev–Trinajstić information content (AvgIpc) is 3.51. The van der Waals surface area contributed by atoms with Crippen molar-refractivity contribution in [2.45, 2.75) is 6.18 Å². The van der Waals surface area contributed by atoms with Crippen LogP contribution in [0.1, 0.15) is 16.2 Å². The predicted molar refractivity (Wildman–Crippen MR) is 113 cm³/mol. The van der Waals surface area contributed by atoms with Crippen LogP contribution in [0.3, 0.4) is 0 Å². The van der Waals surface area contributed by atoms with E-state index >= 15 is 0 Å². The number of aromatic nitrogens is 5. The summed E-state index contributed by atoms with van der Waals surface area (Å²) >= 11 is 0.790. The van der Waals surface area contributed by atoms with E-state index in [1.54, 1.807) is 18.3 Å². The molecule has 1 amide bonds. The predicted octanol–water partition coefficient (Wildman–Crippen LogP) is 5.12. The fourth-order valence-electron chi connectivity index (χ4n) is 3.15. The lowest BCUT2D eigenvalue weighted by molar-refractivity contribution is -0.140. The van der Waals surface area contributed by atoms with Crippen molar-refractivity contribution in [3.63, 3.8) is 0 Å². The largest absolute Gasteiger partial charge is 0.434 e. The van der Waals surface area contributed by atoms with Crippen LogP contribution in [0.5, 0.6) is 0 Å². The van der Waals surface area contributed by atoms with Gasteiger partial charge in [0, 0.05) is 35.1 Å². The Kier molecular flexibility index (Phi) is 4.74. The molecule has 0 spiro atoms. The smallest absolute Gasteiger partial charge is 0.320 e. The number of hydrogen-bond acceptors (Lipinski definition) is 5. The number of rotatable bonds is 4. The number of alkyl halides is 3. The number of carbonyl (C=O) groups excluding carboxylic acids is 1. The van der Waals surface area contributed by atoms with E-state index < -0.39 is 17.8 Å². The van der Waals surface area contributed by atoms with Crippen LogP contribution < -0.4 is 5.32 Å². The van der Waals surface area contributed by atoms with Crippen LogP contribution in [0.15, 0.2) is 66.4 Å². The maximum atomic E-state index is 12.9. The number of halogens is 3. The molecule has 0 saturated carbocycles. The molecule has 0 aliphatic rings. The van der Waals surface area contributed by atoms with Gasteiger partial charge in [-0.05, 0) is 6.07 Å². The molecule has 0 fully saturated rings. The maximum absolute atomic E-state index is 12.9. The Morgan fingerprint density at radius 2 is 1.94 bits per heavy atom. The molecule has 7 nitrogen and oxygen atoms in total. The standard InChI is InChI=1S/C21H13F3N6OS/c22-21(23,24)16-11-32-20(28-16)14-9-25-29-18(14)19(31)26-13-6-7-30-10-15(27-17(30)8-13)12-4-2-1-3-5-12/h1-11H,(H,25,29)(H,26,31). The Morgan fingerprint density at radius 3 is 2.69 bits per heavy atom. The highest BCUT2D eigenvalue weighted by Crippen LogP contribution is 2.34. The lowest BCUT2D eigenvalue weighted by Gasteiger charge is -2.05. The maximum Gasteiger partial charge on any atom is 0.434 e. The van der Waals surface area contributed by atoms with E-state index in [0.717, 1.165) is 28.0 Å². The summed E-state index contributed by atoms with van der Waals surface area (Å²) in [6, 6.07) is 13.1. The topological polar surface area (TPSA) is 88.0 Å². The minimum Gasteiger partial charge on any atom is -0.320 e. The van der Waals surface area contributed by atoms with E-state index in [4.69, 9.17) is 0 Å². The Bertz CT molecular complexity index is 1420. The minimum absolute atomic E-state index is 0.0151. The Labute approximate surface area is 182 Å². The van der Waals surface area contributed by atoms with Crippen LogP contribution in [-0.4, -0.2) is 30.5 Å². The van der Waals surface area contributed by atoms with Crippen molar-refractivity contribution in [3.05, 3.63) is 77.8 Å². The van der Waals surface area contributed by atoms with Gasteiger partial charge in [0.05, 0.1) is 17.5 Å². The number of aromatic amines is 1. The van der Waals surface area contributed by atoms with Gasteiger partial charge < -0.3 is 9.72 Å². The molecule has 5 aromatic rings. The van der Waals surface area contributed by atoms with E-state index in [-0.39, 0.29) is 16.3 Å². The number of pyridine rings is 1. The molecule has 0 saturated heterocycles. The molecule has 11 heteroatoms. The zero-order valence-electron chi connectivity index (χ0n) is 16.1. The summed E-state index contributed by atoms with van der Waals surface area (Å²) in [7, 11) is 0. The van der Waals surface area contributed by atoms with E-state index in [1.165, 1.54) is 6.20 Å². The molecule has 0 bridgehead atoms. The summed E-state index contributed by atoms with van der Waals surface area (Å²) in [6.45, 7) is 0. The average molecular weight is 454 g/mol. The summed E-state index contributed by atoms with van der Waals surface area (Å²) in [5.74, 6) is -0.555. The van der Waals surface area contributed by atoms with Gasteiger partial charge in [0.25, 0.3) is 5.91 Å². The molecule has 4 heterocycles. The zero-order chi connectivity index (χ0) is 22.3. The number of hydrogen-bond donors (Lipinski definition) is 2. The van der Waals surface area contributed by atoms with Crippen molar-refractivity contribution >= 4 is 28.6 Å². The number of imidazole rings is 1. The third-order valence-electron chi connectivity index (χ3n) is 4.68. The summed E-state index contributed by atoms with van der Waals surface area (Å²) < 4.78 is 40.4. The lowest BCUT2D eigenvalue weighted by Crippen LogP contribution is -2.13. The van der Waals surface area contributed by atoms with Gasteiger partial charge in [0.1, 0.15) is 16.3 Å². The van der Waals surface area contributed by atoms with E-state index in [9.17, 15) is 18.0 Å². The highest BCUT2D eigenvalue weighted by molar-refractivity contribution is 7.13. The molecule has 2 N–H and O–H groups in total. The molecule has 4 aromatic heterocycles. The third-order valence-corrected chi connectivity index (χ3v) is 5.55. The molecule has 160 valence electrons. The first kappa shape index (κ1) is 19.9. The lowest BCUT2D eigenvalue weighted by atomic mass is 10.2. The summed E-state index contributed by atoms with van der Waals surface area (Å²) in [5, 5.41) is 10.0. The number of anilines is 1. The molecule has 0 atom stereocenters. The number of nitrogens with one attached hydrogen (secondary N) is 2. The molecule has 5 rings (SSSR count). The van der Waals surface area contributed by atoms with Gasteiger partial charge in [-0.25, -0.2) is 9.97 Å². The molecule has 0 unspecified atom stereocenters. The fraction of sp³-hybridized carbons (Fsp3) is 0.0476. The number of amides is 1. The summed E-state index contributed by atoms with van der Waals surface area (Å²) in [6.07, 6.45) is 0.357.